The number of rotatable bonds is 1. The van der Waals surface area contributed by atoms with Crippen LogP contribution < -0.4 is 5.32 Å². The molecule has 0 aliphatic carbocycles. The molecule has 16 heavy (non-hydrogen) atoms. The summed E-state index contributed by atoms with van der Waals surface area (Å²) in [6, 6.07) is 5.51. The Morgan fingerprint density at radius 2 is 2.06 bits per heavy atom. The zero-order chi connectivity index (χ0) is 11.0. The topological polar surface area (TPSA) is 50.1 Å². The van der Waals surface area contributed by atoms with Gasteiger partial charge in [0.1, 0.15) is 5.75 Å². The summed E-state index contributed by atoms with van der Waals surface area (Å²) in [6.07, 6.45) is 4.34. The highest BCUT2D eigenvalue weighted by Gasteiger charge is 2.18. The van der Waals surface area contributed by atoms with Crippen LogP contribution in [0.5, 0.6) is 5.75 Å². The number of hydrogen-bond donors (Lipinski definition) is 2. The van der Waals surface area contributed by atoms with Gasteiger partial charge in [-0.3, -0.25) is 0 Å². The van der Waals surface area contributed by atoms with Gasteiger partial charge in [0.2, 0.25) is 0 Å². The molecule has 1 radical (unpaired) electrons. The SMILES string of the molecule is Oc1ccc2[nH]cc(C3CC[N]CC3)c2c1. The predicted molar refractivity (Wildman–Crippen MR) is 63.8 cm³/mol. The van der Waals surface area contributed by atoms with Gasteiger partial charge >= 0.3 is 0 Å². The number of phenols is 1. The molecule has 0 unspecified atom stereocenters. The standard InChI is InChI=1S/C13H15N2O/c16-10-1-2-13-11(7-10)12(8-15-13)9-3-5-14-6-4-9/h1-2,7-9,15-16H,3-6H2. The molecule has 2 aromatic rings. The summed E-state index contributed by atoms with van der Waals surface area (Å²) in [5.74, 6) is 0.932. The Hall–Kier alpha value is -1.48. The lowest BCUT2D eigenvalue weighted by molar-refractivity contribution is 0.455. The van der Waals surface area contributed by atoms with Crippen molar-refractivity contribution in [1.29, 1.82) is 0 Å². The second-order valence-corrected chi connectivity index (χ2v) is 4.42. The molecule has 2 N–H and O–H groups in total. The van der Waals surface area contributed by atoms with Crippen molar-refractivity contribution in [3.8, 4) is 5.75 Å². The van der Waals surface area contributed by atoms with E-state index in [4.69, 9.17) is 0 Å². The first kappa shape index (κ1) is 9.73. The van der Waals surface area contributed by atoms with E-state index >= 15 is 0 Å². The number of phenolic OH excluding ortho intramolecular Hbond substituents is 1. The lowest BCUT2D eigenvalue weighted by atomic mass is 9.90. The molecule has 1 saturated heterocycles. The molecule has 1 aromatic carbocycles. The Morgan fingerprint density at radius 1 is 1.25 bits per heavy atom. The van der Waals surface area contributed by atoms with E-state index < -0.39 is 0 Å². The number of piperidine rings is 1. The second kappa shape index (κ2) is 3.83. The van der Waals surface area contributed by atoms with E-state index in [1.54, 1.807) is 6.07 Å². The molecule has 2 heterocycles. The molecule has 83 valence electrons. The monoisotopic (exact) mass is 215 g/mol. The molecule has 0 amide bonds. The van der Waals surface area contributed by atoms with Crippen LogP contribution in [-0.4, -0.2) is 23.2 Å². The summed E-state index contributed by atoms with van der Waals surface area (Å²) < 4.78 is 0. The molecule has 1 aliphatic rings. The van der Waals surface area contributed by atoms with E-state index in [-0.39, 0.29) is 0 Å². The zero-order valence-electron chi connectivity index (χ0n) is 9.11. The highest BCUT2D eigenvalue weighted by atomic mass is 16.3. The summed E-state index contributed by atoms with van der Waals surface area (Å²) in [7, 11) is 0. The van der Waals surface area contributed by atoms with Crippen LogP contribution in [-0.2, 0) is 0 Å². The summed E-state index contributed by atoms with van der Waals surface area (Å²) in [5, 5.41) is 15.1. The van der Waals surface area contributed by atoms with Gasteiger partial charge in [-0.1, -0.05) is 0 Å². The van der Waals surface area contributed by atoms with Gasteiger partial charge in [-0.2, -0.15) is 0 Å². The third kappa shape index (κ3) is 1.57. The van der Waals surface area contributed by atoms with Gasteiger partial charge < -0.3 is 10.1 Å². The molecule has 3 nitrogen and oxygen atoms in total. The van der Waals surface area contributed by atoms with E-state index in [1.807, 2.05) is 12.1 Å². The van der Waals surface area contributed by atoms with Crippen LogP contribution in [0.1, 0.15) is 24.3 Å². The minimum Gasteiger partial charge on any atom is -0.508 e. The lowest BCUT2D eigenvalue weighted by Crippen LogP contribution is -2.20. The minimum atomic E-state index is 0.342. The maximum Gasteiger partial charge on any atom is 0.116 e. The average molecular weight is 215 g/mol. The number of H-pyrrole nitrogens is 1. The Kier molecular flexibility index (Phi) is 2.33. The number of nitrogens with one attached hydrogen (secondary N) is 1. The molecule has 1 aromatic heterocycles. The number of aromatic nitrogens is 1. The fourth-order valence-corrected chi connectivity index (χ4v) is 2.53. The smallest absolute Gasteiger partial charge is 0.116 e. The number of aromatic amines is 1. The van der Waals surface area contributed by atoms with E-state index in [1.165, 1.54) is 5.56 Å². The van der Waals surface area contributed by atoms with Crippen molar-refractivity contribution >= 4 is 10.9 Å². The summed E-state index contributed by atoms with van der Waals surface area (Å²) >= 11 is 0. The Bertz CT molecular complexity index is 498. The first-order valence-corrected chi connectivity index (χ1v) is 5.78. The van der Waals surface area contributed by atoms with Crippen molar-refractivity contribution < 1.29 is 5.11 Å². The predicted octanol–water partition coefficient (Wildman–Crippen LogP) is 2.36. The van der Waals surface area contributed by atoms with Gasteiger partial charge in [0.15, 0.2) is 0 Å². The summed E-state index contributed by atoms with van der Waals surface area (Å²) in [4.78, 5) is 3.27. The number of nitrogens with zero attached hydrogens (tertiary/aromatic N) is 1. The van der Waals surface area contributed by atoms with Crippen molar-refractivity contribution in [1.82, 2.24) is 10.3 Å². The Morgan fingerprint density at radius 3 is 2.88 bits per heavy atom. The second-order valence-electron chi connectivity index (χ2n) is 4.42. The summed E-state index contributed by atoms with van der Waals surface area (Å²) in [6.45, 7) is 1.94. The van der Waals surface area contributed by atoms with Gasteiger partial charge in [-0.05, 0) is 42.5 Å². The normalized spacial score (nSPS) is 18.0. The highest BCUT2D eigenvalue weighted by molar-refractivity contribution is 5.85. The van der Waals surface area contributed by atoms with Gasteiger partial charge in [0.25, 0.3) is 0 Å². The van der Waals surface area contributed by atoms with Crippen molar-refractivity contribution in [2.75, 3.05) is 13.1 Å². The van der Waals surface area contributed by atoms with Crippen molar-refractivity contribution in [2.45, 2.75) is 18.8 Å². The van der Waals surface area contributed by atoms with Gasteiger partial charge in [0, 0.05) is 30.2 Å². The molecule has 3 heteroatoms. The van der Waals surface area contributed by atoms with Gasteiger partial charge in [0.05, 0.1) is 0 Å². The first-order valence-electron chi connectivity index (χ1n) is 5.78. The Labute approximate surface area is 94.5 Å². The molecule has 0 saturated carbocycles. The van der Waals surface area contributed by atoms with Crippen LogP contribution in [0.25, 0.3) is 10.9 Å². The highest BCUT2D eigenvalue weighted by Crippen LogP contribution is 2.33. The van der Waals surface area contributed by atoms with Crippen molar-refractivity contribution in [3.05, 3.63) is 30.0 Å². The van der Waals surface area contributed by atoms with Crippen LogP contribution >= 0.6 is 0 Å². The molecule has 3 rings (SSSR count). The van der Waals surface area contributed by atoms with Crippen LogP contribution in [0.3, 0.4) is 0 Å². The maximum absolute atomic E-state index is 9.54. The zero-order valence-corrected chi connectivity index (χ0v) is 9.11. The van der Waals surface area contributed by atoms with E-state index in [0.717, 1.165) is 36.8 Å². The van der Waals surface area contributed by atoms with Gasteiger partial charge in [-0.15, -0.1) is 0 Å². The maximum atomic E-state index is 9.54. The van der Waals surface area contributed by atoms with Crippen LogP contribution in [0.2, 0.25) is 0 Å². The van der Waals surface area contributed by atoms with Gasteiger partial charge in [-0.25, -0.2) is 5.32 Å². The van der Waals surface area contributed by atoms with Crippen molar-refractivity contribution in [3.63, 3.8) is 0 Å². The number of fused-ring (bicyclic) bond motifs is 1. The number of aromatic hydroxyl groups is 1. The van der Waals surface area contributed by atoms with Crippen LogP contribution in [0.4, 0.5) is 0 Å². The fourth-order valence-electron chi connectivity index (χ4n) is 2.53. The van der Waals surface area contributed by atoms with Crippen LogP contribution in [0.15, 0.2) is 24.4 Å². The van der Waals surface area contributed by atoms with E-state index in [9.17, 15) is 5.11 Å². The third-order valence-electron chi connectivity index (χ3n) is 3.41. The largest absolute Gasteiger partial charge is 0.508 e. The van der Waals surface area contributed by atoms with Crippen molar-refractivity contribution in [2.24, 2.45) is 0 Å². The van der Waals surface area contributed by atoms with E-state index in [0.29, 0.717) is 11.7 Å². The first-order chi connectivity index (χ1) is 7.84. The van der Waals surface area contributed by atoms with Crippen LogP contribution in [0, 0.1) is 0 Å². The van der Waals surface area contributed by atoms with E-state index in [2.05, 4.69) is 16.5 Å². The average Bonchev–Trinajstić information content (AvgIpc) is 2.73. The molecule has 0 atom stereocenters. The molecule has 0 bridgehead atoms. The lowest BCUT2D eigenvalue weighted by Gasteiger charge is -2.21. The molecule has 1 aliphatic heterocycles. The molecular formula is C13H15N2O. The third-order valence-corrected chi connectivity index (χ3v) is 3.41. The summed E-state index contributed by atoms with van der Waals surface area (Å²) in [5.41, 5.74) is 2.44. The fraction of sp³-hybridized carbons (Fsp3) is 0.385. The Balaban J connectivity index is 2.05. The minimum absolute atomic E-state index is 0.342. The molecule has 0 spiro atoms. The number of hydrogen-bond acceptors (Lipinski definition) is 1. The molecular weight excluding hydrogens is 200 g/mol. The molecule has 1 fully saturated rings. The number of benzene rings is 1. The quantitative estimate of drug-likeness (QED) is 0.753.